The fraction of sp³-hybridized carbons (Fsp3) is 0.342. The lowest BCUT2D eigenvalue weighted by atomic mass is 9.88. The number of nitriles is 1. The van der Waals surface area contributed by atoms with E-state index in [2.05, 4.69) is 17.0 Å². The van der Waals surface area contributed by atoms with E-state index in [1.54, 1.807) is 25.1 Å². The first-order chi connectivity index (χ1) is 22.6. The van der Waals surface area contributed by atoms with Gasteiger partial charge in [0.15, 0.2) is 6.61 Å². The van der Waals surface area contributed by atoms with Crippen LogP contribution >= 0.6 is 23.2 Å². The lowest BCUT2D eigenvalue weighted by Gasteiger charge is -2.34. The smallest absolute Gasteiger partial charge is 0.259 e. The number of likely N-dealkylation sites (tertiary alicyclic amines) is 1. The number of likely N-dealkylation sites (N-methyl/N-ethyl adjacent to an activating group) is 2. The molecule has 1 heterocycles. The molecule has 2 amide bonds. The molecular weight excluding hydrogens is 631 g/mol. The summed E-state index contributed by atoms with van der Waals surface area (Å²) in [7, 11) is 5.27. The first kappa shape index (κ1) is 34.3. The van der Waals surface area contributed by atoms with Gasteiger partial charge in [0, 0.05) is 39.2 Å². The lowest BCUT2D eigenvalue weighted by molar-refractivity contribution is -0.130. The second-order valence-electron chi connectivity index (χ2n) is 12.4. The van der Waals surface area contributed by atoms with E-state index in [1.165, 1.54) is 4.90 Å². The van der Waals surface area contributed by atoms with E-state index in [1.807, 2.05) is 73.8 Å². The molecule has 0 N–H and O–H groups in total. The standard InChI is InChI=1S/C38H40Cl2N4O3/c1-42(2)37(45)25-47-36-11-7-6-10-32(36)27-14-17-44(18-15-27)19-16-30(28-12-13-34(39)35(40)22-28)24-43(3)38(46)33-21-26(23-41)20-29-8-4-5-9-31(29)33/h4-13,20-22,27,30H,14-19,24-25H2,1-3H3/t30-/m1/s1. The number of hydrogen-bond acceptors (Lipinski definition) is 5. The number of amides is 2. The molecule has 244 valence electrons. The Morgan fingerprint density at radius 1 is 0.957 bits per heavy atom. The summed E-state index contributed by atoms with van der Waals surface area (Å²) < 4.78 is 5.94. The molecule has 0 aliphatic carbocycles. The van der Waals surface area contributed by atoms with Crippen molar-refractivity contribution in [3.8, 4) is 11.8 Å². The minimum Gasteiger partial charge on any atom is -0.483 e. The molecule has 0 saturated carbocycles. The molecule has 1 fully saturated rings. The van der Waals surface area contributed by atoms with Crippen LogP contribution in [0.2, 0.25) is 10.0 Å². The third-order valence-corrected chi connectivity index (χ3v) is 9.81. The zero-order valence-corrected chi connectivity index (χ0v) is 28.6. The van der Waals surface area contributed by atoms with Crippen LogP contribution < -0.4 is 4.74 Å². The van der Waals surface area contributed by atoms with Crippen LogP contribution in [-0.2, 0) is 4.79 Å². The van der Waals surface area contributed by atoms with Gasteiger partial charge >= 0.3 is 0 Å². The van der Waals surface area contributed by atoms with E-state index in [-0.39, 0.29) is 24.3 Å². The largest absolute Gasteiger partial charge is 0.483 e. The summed E-state index contributed by atoms with van der Waals surface area (Å²) in [5.74, 6) is 0.956. The summed E-state index contributed by atoms with van der Waals surface area (Å²) >= 11 is 12.7. The van der Waals surface area contributed by atoms with Crippen LogP contribution in [0.5, 0.6) is 5.75 Å². The highest BCUT2D eigenvalue weighted by Gasteiger charge is 2.26. The highest BCUT2D eigenvalue weighted by molar-refractivity contribution is 6.42. The second-order valence-corrected chi connectivity index (χ2v) is 13.2. The van der Waals surface area contributed by atoms with E-state index in [9.17, 15) is 14.9 Å². The van der Waals surface area contributed by atoms with Gasteiger partial charge < -0.3 is 19.4 Å². The van der Waals surface area contributed by atoms with Crippen LogP contribution in [0.1, 0.15) is 58.1 Å². The van der Waals surface area contributed by atoms with E-state index in [4.69, 9.17) is 27.9 Å². The van der Waals surface area contributed by atoms with Gasteiger partial charge in [0.05, 0.1) is 21.7 Å². The Labute approximate surface area is 287 Å². The van der Waals surface area contributed by atoms with Crippen molar-refractivity contribution in [3.63, 3.8) is 0 Å². The van der Waals surface area contributed by atoms with Crippen LogP contribution in [0.25, 0.3) is 10.8 Å². The van der Waals surface area contributed by atoms with E-state index < -0.39 is 0 Å². The van der Waals surface area contributed by atoms with Crippen LogP contribution in [0.15, 0.2) is 78.9 Å². The number of halogens is 2. The third kappa shape index (κ3) is 8.44. The van der Waals surface area contributed by atoms with Crippen LogP contribution in [0.3, 0.4) is 0 Å². The molecule has 0 unspecified atom stereocenters. The molecule has 4 aromatic rings. The fourth-order valence-electron chi connectivity index (χ4n) is 6.32. The summed E-state index contributed by atoms with van der Waals surface area (Å²) in [5.41, 5.74) is 3.16. The minimum atomic E-state index is -0.127. The fourth-order valence-corrected chi connectivity index (χ4v) is 6.63. The van der Waals surface area contributed by atoms with Crippen molar-refractivity contribution in [3.05, 3.63) is 111 Å². The van der Waals surface area contributed by atoms with Crippen LogP contribution in [-0.4, -0.2) is 80.4 Å². The van der Waals surface area contributed by atoms with Gasteiger partial charge in [-0.05, 0) is 97.0 Å². The highest BCUT2D eigenvalue weighted by Crippen LogP contribution is 2.35. The molecule has 0 radical (unpaired) electrons. The second kappa shape index (κ2) is 15.7. The van der Waals surface area contributed by atoms with Crippen LogP contribution in [0, 0.1) is 11.3 Å². The van der Waals surface area contributed by atoms with Gasteiger partial charge in [0.2, 0.25) is 0 Å². The molecule has 5 rings (SSSR count). The van der Waals surface area contributed by atoms with E-state index in [0.29, 0.717) is 33.6 Å². The quantitative estimate of drug-likeness (QED) is 0.164. The first-order valence-electron chi connectivity index (χ1n) is 15.9. The van der Waals surface area contributed by atoms with Gasteiger partial charge in [0.1, 0.15) is 5.75 Å². The normalized spacial score (nSPS) is 14.4. The van der Waals surface area contributed by atoms with Crippen molar-refractivity contribution in [2.75, 3.05) is 53.9 Å². The number of hydrogen-bond donors (Lipinski definition) is 0. The zero-order valence-electron chi connectivity index (χ0n) is 27.1. The number of fused-ring (bicyclic) bond motifs is 1. The highest BCUT2D eigenvalue weighted by atomic mass is 35.5. The molecule has 0 spiro atoms. The molecule has 0 aromatic heterocycles. The maximum absolute atomic E-state index is 13.9. The Morgan fingerprint density at radius 3 is 2.40 bits per heavy atom. The van der Waals surface area contributed by atoms with Crippen molar-refractivity contribution >= 4 is 45.8 Å². The molecule has 4 aromatic carbocycles. The first-order valence-corrected chi connectivity index (χ1v) is 16.7. The van der Waals surface area contributed by atoms with E-state index in [0.717, 1.165) is 66.5 Å². The van der Waals surface area contributed by atoms with Gasteiger partial charge in [-0.25, -0.2) is 0 Å². The number of ether oxygens (including phenoxy) is 1. The predicted molar refractivity (Wildman–Crippen MR) is 188 cm³/mol. The van der Waals surface area contributed by atoms with Gasteiger partial charge in [-0.2, -0.15) is 5.26 Å². The van der Waals surface area contributed by atoms with Gasteiger partial charge in [-0.1, -0.05) is 71.7 Å². The van der Waals surface area contributed by atoms with Crippen molar-refractivity contribution in [2.24, 2.45) is 0 Å². The zero-order chi connectivity index (χ0) is 33.5. The number of carbonyl (C=O) groups excluding carboxylic acids is 2. The average molecular weight is 672 g/mol. The minimum absolute atomic E-state index is 0.0187. The maximum atomic E-state index is 13.9. The summed E-state index contributed by atoms with van der Waals surface area (Å²) in [6, 6.07) is 27.1. The SMILES string of the molecule is CN(C)C(=O)COc1ccccc1C1CCN(CC[C@H](CN(C)C(=O)c2cc(C#N)cc3ccccc23)c2ccc(Cl)c(Cl)c2)CC1. The summed E-state index contributed by atoms with van der Waals surface area (Å²) in [4.78, 5) is 31.7. The third-order valence-electron chi connectivity index (χ3n) is 9.07. The molecule has 1 atom stereocenters. The molecule has 7 nitrogen and oxygen atoms in total. The molecule has 9 heteroatoms. The van der Waals surface area contributed by atoms with Crippen molar-refractivity contribution in [1.29, 1.82) is 5.26 Å². The summed E-state index contributed by atoms with van der Waals surface area (Å²) in [6.07, 6.45) is 2.80. The van der Waals surface area contributed by atoms with Crippen molar-refractivity contribution < 1.29 is 14.3 Å². The average Bonchev–Trinajstić information content (AvgIpc) is 3.09. The summed E-state index contributed by atoms with van der Waals surface area (Å²) in [6.45, 7) is 3.24. The Balaban J connectivity index is 1.27. The molecule has 1 saturated heterocycles. The lowest BCUT2D eigenvalue weighted by Crippen LogP contribution is -2.36. The van der Waals surface area contributed by atoms with Crippen molar-refractivity contribution in [1.82, 2.24) is 14.7 Å². The Hall–Kier alpha value is -4.09. The number of rotatable bonds is 11. The number of piperidine rings is 1. The van der Waals surface area contributed by atoms with Gasteiger partial charge in [-0.3, -0.25) is 9.59 Å². The molecule has 0 bridgehead atoms. The Kier molecular flexibility index (Phi) is 11.4. The molecule has 47 heavy (non-hydrogen) atoms. The predicted octanol–water partition coefficient (Wildman–Crippen LogP) is 7.61. The molecule has 1 aliphatic rings. The Morgan fingerprint density at radius 2 is 1.68 bits per heavy atom. The van der Waals surface area contributed by atoms with Crippen LogP contribution in [0.4, 0.5) is 0 Å². The number of nitrogens with zero attached hydrogens (tertiary/aromatic N) is 4. The van der Waals surface area contributed by atoms with Gasteiger partial charge in [-0.15, -0.1) is 0 Å². The van der Waals surface area contributed by atoms with E-state index >= 15 is 0 Å². The monoisotopic (exact) mass is 670 g/mol. The molecular formula is C38H40Cl2N4O3. The number of para-hydroxylation sites is 1. The van der Waals surface area contributed by atoms with Crippen molar-refractivity contribution in [2.45, 2.75) is 31.1 Å². The number of benzene rings is 4. The number of carbonyl (C=O) groups is 2. The molecule has 1 aliphatic heterocycles. The van der Waals surface area contributed by atoms with Gasteiger partial charge in [0.25, 0.3) is 11.8 Å². The Bertz CT molecular complexity index is 1780. The maximum Gasteiger partial charge on any atom is 0.259 e. The topological polar surface area (TPSA) is 76.9 Å². The summed E-state index contributed by atoms with van der Waals surface area (Å²) in [5, 5.41) is 12.3.